The number of hydrogen-bond donors (Lipinski definition) is 1. The molecule has 1 N–H and O–H groups in total. The third kappa shape index (κ3) is 2.92. The second kappa shape index (κ2) is 4.79. The van der Waals surface area contributed by atoms with Crippen LogP contribution in [0.3, 0.4) is 0 Å². The molecule has 106 valence electrons. The fourth-order valence-electron chi connectivity index (χ4n) is 2.30. The summed E-state index contributed by atoms with van der Waals surface area (Å²) in [5.74, 6) is -0.892. The zero-order valence-electron chi connectivity index (χ0n) is 10.3. The highest BCUT2D eigenvalue weighted by Crippen LogP contribution is 2.37. The molecule has 1 saturated heterocycles. The summed E-state index contributed by atoms with van der Waals surface area (Å²) in [4.78, 5) is 12.9. The number of carbonyl (C=O) groups is 1. The Balaban J connectivity index is 2.08. The van der Waals surface area contributed by atoms with Gasteiger partial charge in [0, 0.05) is 18.5 Å². The summed E-state index contributed by atoms with van der Waals surface area (Å²) in [6, 6.07) is 0. The highest BCUT2D eigenvalue weighted by Gasteiger charge is 2.41. The molecule has 1 aromatic heterocycles. The molecule has 0 aliphatic carbocycles. The number of carboxylic acid groups (broad SMARTS) is 1. The van der Waals surface area contributed by atoms with Crippen molar-refractivity contribution in [1.29, 1.82) is 0 Å². The molecule has 2 rings (SSSR count). The van der Waals surface area contributed by atoms with Crippen LogP contribution in [0, 0.1) is 5.41 Å². The molecule has 0 spiro atoms. The molecule has 7 heteroatoms. The predicted molar refractivity (Wildman–Crippen MR) is 65.0 cm³/mol. The molecule has 2 heterocycles. The van der Waals surface area contributed by atoms with E-state index in [1.165, 1.54) is 5.38 Å². The molecule has 3 nitrogen and oxygen atoms in total. The van der Waals surface area contributed by atoms with Crippen molar-refractivity contribution in [3.63, 3.8) is 0 Å². The summed E-state index contributed by atoms with van der Waals surface area (Å²) in [6.45, 7) is 2.58. The fraction of sp³-hybridized carbons (Fsp3) is 0.583. The Kier molecular flexibility index (Phi) is 3.61. The van der Waals surface area contributed by atoms with Crippen molar-refractivity contribution in [1.82, 2.24) is 4.90 Å². The first-order chi connectivity index (χ1) is 8.72. The number of likely N-dealkylation sites (tertiary alicyclic amines) is 1. The van der Waals surface area contributed by atoms with Crippen LogP contribution in [0.2, 0.25) is 0 Å². The number of carboxylic acids is 1. The zero-order valence-corrected chi connectivity index (χ0v) is 11.1. The molecule has 1 aliphatic heterocycles. The molecule has 1 fully saturated rings. The van der Waals surface area contributed by atoms with Crippen LogP contribution in [0.1, 0.15) is 24.5 Å². The zero-order chi connectivity index (χ0) is 14.3. The van der Waals surface area contributed by atoms with Crippen molar-refractivity contribution in [2.24, 2.45) is 5.41 Å². The number of alkyl halides is 3. The Labute approximate surface area is 112 Å². The summed E-state index contributed by atoms with van der Waals surface area (Å²) < 4.78 is 38.2. The van der Waals surface area contributed by atoms with Crippen LogP contribution in [0.4, 0.5) is 13.2 Å². The molecule has 1 aliphatic rings. The van der Waals surface area contributed by atoms with E-state index in [1.54, 1.807) is 11.8 Å². The normalized spacial score (nSPS) is 24.8. The van der Waals surface area contributed by atoms with Gasteiger partial charge in [-0.1, -0.05) is 0 Å². The number of aliphatic carboxylic acids is 1. The van der Waals surface area contributed by atoms with Crippen molar-refractivity contribution in [2.75, 3.05) is 13.1 Å². The fourth-order valence-corrected chi connectivity index (χ4v) is 3.16. The summed E-state index contributed by atoms with van der Waals surface area (Å²) in [5.41, 5.74) is -1.23. The largest absolute Gasteiger partial charge is 0.481 e. The Morgan fingerprint density at radius 2 is 2.21 bits per heavy atom. The first-order valence-electron chi connectivity index (χ1n) is 5.80. The number of thiophene rings is 1. The van der Waals surface area contributed by atoms with E-state index in [1.807, 2.05) is 0 Å². The molecular weight excluding hydrogens is 279 g/mol. The van der Waals surface area contributed by atoms with Gasteiger partial charge < -0.3 is 5.11 Å². The lowest BCUT2D eigenvalue weighted by atomic mass is 9.90. The second-order valence-corrected chi connectivity index (χ2v) is 5.88. The van der Waals surface area contributed by atoms with E-state index in [0.717, 1.165) is 16.7 Å². The van der Waals surface area contributed by atoms with Crippen LogP contribution >= 0.6 is 11.3 Å². The molecule has 0 radical (unpaired) electrons. The third-order valence-corrected chi connectivity index (χ3v) is 4.30. The maximum atomic E-state index is 12.7. The number of halogens is 3. The maximum Gasteiger partial charge on any atom is 0.417 e. The van der Waals surface area contributed by atoms with E-state index in [0.29, 0.717) is 13.0 Å². The number of rotatable bonds is 3. The van der Waals surface area contributed by atoms with E-state index in [9.17, 15) is 18.0 Å². The standard InChI is InChI=1S/C12H14F3NO2S/c1-11(10(17)18)2-3-16(7-11)4-8-5-19-6-9(8)12(13,14)15/h5-6H,2-4,7H2,1H3,(H,17,18). The molecule has 0 saturated carbocycles. The maximum absolute atomic E-state index is 12.7. The topological polar surface area (TPSA) is 40.5 Å². The monoisotopic (exact) mass is 293 g/mol. The Bertz CT molecular complexity index is 486. The van der Waals surface area contributed by atoms with Crippen molar-refractivity contribution in [3.8, 4) is 0 Å². The Morgan fingerprint density at radius 3 is 2.74 bits per heavy atom. The van der Waals surface area contributed by atoms with Crippen LogP contribution in [0.5, 0.6) is 0 Å². The van der Waals surface area contributed by atoms with E-state index in [-0.39, 0.29) is 18.7 Å². The molecule has 1 aromatic rings. The summed E-state index contributed by atoms with van der Waals surface area (Å²) >= 11 is 1.02. The molecule has 0 aromatic carbocycles. The smallest absolute Gasteiger partial charge is 0.417 e. The SMILES string of the molecule is CC1(C(=O)O)CCN(Cc2cscc2C(F)(F)F)C1. The molecule has 0 amide bonds. The second-order valence-electron chi connectivity index (χ2n) is 5.13. The Hall–Kier alpha value is -1.08. The lowest BCUT2D eigenvalue weighted by molar-refractivity contribution is -0.147. The van der Waals surface area contributed by atoms with Crippen molar-refractivity contribution < 1.29 is 23.1 Å². The van der Waals surface area contributed by atoms with Crippen molar-refractivity contribution in [2.45, 2.75) is 26.1 Å². The molecule has 0 bridgehead atoms. The molecule has 1 atom stereocenters. The van der Waals surface area contributed by atoms with E-state index >= 15 is 0 Å². The van der Waals surface area contributed by atoms with Gasteiger partial charge in [0.15, 0.2) is 0 Å². The van der Waals surface area contributed by atoms with E-state index < -0.39 is 23.1 Å². The van der Waals surface area contributed by atoms with Gasteiger partial charge in [-0.25, -0.2) is 0 Å². The summed E-state index contributed by atoms with van der Waals surface area (Å²) in [7, 11) is 0. The third-order valence-electron chi connectivity index (χ3n) is 3.51. The predicted octanol–water partition coefficient (Wildman–Crippen LogP) is 3.06. The number of nitrogens with zero attached hydrogens (tertiary/aromatic N) is 1. The van der Waals surface area contributed by atoms with Crippen LogP contribution < -0.4 is 0 Å². The highest BCUT2D eigenvalue weighted by atomic mass is 32.1. The van der Waals surface area contributed by atoms with Gasteiger partial charge >= 0.3 is 12.1 Å². The van der Waals surface area contributed by atoms with Crippen LogP contribution in [0.15, 0.2) is 10.8 Å². The minimum Gasteiger partial charge on any atom is -0.481 e. The van der Waals surface area contributed by atoms with Gasteiger partial charge in [-0.15, -0.1) is 0 Å². The molecular formula is C12H14F3NO2S. The van der Waals surface area contributed by atoms with Gasteiger partial charge in [0.1, 0.15) is 0 Å². The lowest BCUT2D eigenvalue weighted by Crippen LogP contribution is -2.31. The first-order valence-corrected chi connectivity index (χ1v) is 6.75. The van der Waals surface area contributed by atoms with Crippen LogP contribution in [0.25, 0.3) is 0 Å². The average Bonchev–Trinajstić information content (AvgIpc) is 2.86. The van der Waals surface area contributed by atoms with Gasteiger partial charge in [0.25, 0.3) is 0 Å². The molecule has 1 unspecified atom stereocenters. The van der Waals surface area contributed by atoms with Gasteiger partial charge in [-0.05, 0) is 30.8 Å². The minimum atomic E-state index is -4.34. The van der Waals surface area contributed by atoms with Crippen molar-refractivity contribution in [3.05, 3.63) is 21.9 Å². The van der Waals surface area contributed by atoms with E-state index in [4.69, 9.17) is 5.11 Å². The van der Waals surface area contributed by atoms with Crippen molar-refractivity contribution >= 4 is 17.3 Å². The van der Waals surface area contributed by atoms with Gasteiger partial charge in [0.05, 0.1) is 11.0 Å². The van der Waals surface area contributed by atoms with Gasteiger partial charge in [0.2, 0.25) is 0 Å². The molecule has 19 heavy (non-hydrogen) atoms. The van der Waals surface area contributed by atoms with E-state index in [2.05, 4.69) is 0 Å². The number of hydrogen-bond acceptors (Lipinski definition) is 3. The van der Waals surface area contributed by atoms with Gasteiger partial charge in [-0.3, -0.25) is 9.69 Å². The Morgan fingerprint density at radius 1 is 1.53 bits per heavy atom. The quantitative estimate of drug-likeness (QED) is 0.931. The summed E-state index contributed by atoms with van der Waals surface area (Å²) in [5, 5.41) is 11.7. The van der Waals surface area contributed by atoms with Gasteiger partial charge in [-0.2, -0.15) is 24.5 Å². The van der Waals surface area contributed by atoms with Crippen LogP contribution in [-0.4, -0.2) is 29.1 Å². The van der Waals surface area contributed by atoms with Crippen LogP contribution in [-0.2, 0) is 17.5 Å². The minimum absolute atomic E-state index is 0.154. The first kappa shape index (κ1) is 14.3. The summed E-state index contributed by atoms with van der Waals surface area (Å²) in [6.07, 6.45) is -3.88. The average molecular weight is 293 g/mol. The highest BCUT2D eigenvalue weighted by molar-refractivity contribution is 7.08. The lowest BCUT2D eigenvalue weighted by Gasteiger charge is -2.20.